The van der Waals surface area contributed by atoms with E-state index < -0.39 is 0 Å². The Hall–Kier alpha value is -0.480. The Labute approximate surface area is 109 Å². The van der Waals surface area contributed by atoms with Crippen LogP contribution in [0.15, 0.2) is 0 Å². The molecular formula is C13H25N3S. The number of hydrogen-bond acceptors (Lipinski definition) is 4. The van der Waals surface area contributed by atoms with Crippen LogP contribution in [0.3, 0.4) is 0 Å². The summed E-state index contributed by atoms with van der Waals surface area (Å²) < 4.78 is 0. The summed E-state index contributed by atoms with van der Waals surface area (Å²) in [7, 11) is 1.99. The van der Waals surface area contributed by atoms with E-state index in [9.17, 15) is 0 Å². The third kappa shape index (κ3) is 4.03. The van der Waals surface area contributed by atoms with Gasteiger partial charge in [0.15, 0.2) is 0 Å². The minimum absolute atomic E-state index is 0.366. The van der Waals surface area contributed by atoms with Gasteiger partial charge in [0.2, 0.25) is 0 Å². The zero-order valence-corrected chi connectivity index (χ0v) is 12.3. The van der Waals surface area contributed by atoms with E-state index in [-0.39, 0.29) is 0 Å². The quantitative estimate of drug-likeness (QED) is 0.765. The predicted molar refractivity (Wildman–Crippen MR) is 74.6 cm³/mol. The molecule has 0 radical (unpaired) electrons. The molecule has 0 bridgehead atoms. The van der Waals surface area contributed by atoms with Crippen molar-refractivity contribution in [3.8, 4) is 0 Å². The van der Waals surface area contributed by atoms with Crippen molar-refractivity contribution in [1.82, 2.24) is 15.5 Å². The molecule has 1 rings (SSSR count). The van der Waals surface area contributed by atoms with Gasteiger partial charge in [-0.3, -0.25) is 0 Å². The van der Waals surface area contributed by atoms with Crippen LogP contribution in [-0.2, 0) is 0 Å². The summed E-state index contributed by atoms with van der Waals surface area (Å²) in [6, 6.07) is 0.366. The fourth-order valence-electron chi connectivity index (χ4n) is 2.14. The monoisotopic (exact) mass is 255 g/mol. The molecule has 3 nitrogen and oxygen atoms in total. The molecule has 1 unspecified atom stereocenters. The van der Waals surface area contributed by atoms with Crippen LogP contribution in [-0.4, -0.2) is 17.2 Å². The standard InChI is InChI=1S/C13H25N3S/c1-5-8-10(9-6-2)12-15-16-13(17-12)11(7-3)14-4/h10-11,14H,5-9H2,1-4H3. The summed E-state index contributed by atoms with van der Waals surface area (Å²) in [4.78, 5) is 0. The second kappa shape index (κ2) is 7.77. The van der Waals surface area contributed by atoms with E-state index in [1.807, 2.05) is 7.05 Å². The zero-order chi connectivity index (χ0) is 12.7. The number of nitrogens with zero attached hydrogens (tertiary/aromatic N) is 2. The zero-order valence-electron chi connectivity index (χ0n) is 11.5. The van der Waals surface area contributed by atoms with Crippen molar-refractivity contribution < 1.29 is 0 Å². The van der Waals surface area contributed by atoms with Crippen molar-refractivity contribution in [2.75, 3.05) is 7.05 Å². The first kappa shape index (κ1) is 14.6. The predicted octanol–water partition coefficient (Wildman–Crippen LogP) is 3.89. The Morgan fingerprint density at radius 2 is 1.65 bits per heavy atom. The van der Waals surface area contributed by atoms with Crippen molar-refractivity contribution in [1.29, 1.82) is 0 Å². The van der Waals surface area contributed by atoms with Crippen molar-refractivity contribution in [2.45, 2.75) is 64.8 Å². The van der Waals surface area contributed by atoms with E-state index in [1.54, 1.807) is 11.3 Å². The SMILES string of the molecule is CCCC(CCC)c1nnc(C(CC)NC)s1. The molecule has 1 aromatic heterocycles. The van der Waals surface area contributed by atoms with E-state index >= 15 is 0 Å². The first-order chi connectivity index (χ1) is 8.26. The highest BCUT2D eigenvalue weighted by atomic mass is 32.1. The molecule has 1 N–H and O–H groups in total. The van der Waals surface area contributed by atoms with E-state index in [0.29, 0.717) is 12.0 Å². The van der Waals surface area contributed by atoms with Crippen LogP contribution in [0.4, 0.5) is 0 Å². The Bertz CT molecular complexity index is 301. The molecule has 98 valence electrons. The van der Waals surface area contributed by atoms with E-state index in [1.165, 1.54) is 30.7 Å². The summed E-state index contributed by atoms with van der Waals surface area (Å²) >= 11 is 1.79. The summed E-state index contributed by atoms with van der Waals surface area (Å²) in [5.74, 6) is 0.616. The average Bonchev–Trinajstić information content (AvgIpc) is 2.80. The lowest BCUT2D eigenvalue weighted by molar-refractivity contribution is 0.549. The van der Waals surface area contributed by atoms with Gasteiger partial charge in [-0.15, -0.1) is 10.2 Å². The minimum atomic E-state index is 0.366. The molecule has 17 heavy (non-hydrogen) atoms. The van der Waals surface area contributed by atoms with Crippen molar-refractivity contribution >= 4 is 11.3 Å². The Balaban J connectivity index is 2.76. The molecule has 0 saturated heterocycles. The molecule has 4 heteroatoms. The van der Waals surface area contributed by atoms with Crippen LogP contribution in [0.2, 0.25) is 0 Å². The summed E-state index contributed by atoms with van der Waals surface area (Å²) in [6.07, 6.45) is 5.99. The maximum atomic E-state index is 4.40. The van der Waals surface area contributed by atoms with Gasteiger partial charge < -0.3 is 5.32 Å². The van der Waals surface area contributed by atoms with Gasteiger partial charge in [0.05, 0.1) is 6.04 Å². The van der Waals surface area contributed by atoms with Gasteiger partial charge in [0, 0.05) is 5.92 Å². The van der Waals surface area contributed by atoms with Gasteiger partial charge in [-0.25, -0.2) is 0 Å². The second-order valence-corrected chi connectivity index (χ2v) is 5.54. The fourth-order valence-corrected chi connectivity index (χ4v) is 3.35. The lowest BCUT2D eigenvalue weighted by atomic mass is 9.99. The van der Waals surface area contributed by atoms with Crippen LogP contribution in [0.5, 0.6) is 0 Å². The van der Waals surface area contributed by atoms with Crippen molar-refractivity contribution in [3.05, 3.63) is 10.0 Å². The van der Waals surface area contributed by atoms with Crippen LogP contribution in [0, 0.1) is 0 Å². The maximum Gasteiger partial charge on any atom is 0.134 e. The molecule has 1 atom stereocenters. The topological polar surface area (TPSA) is 37.8 Å². The fraction of sp³-hybridized carbons (Fsp3) is 0.846. The average molecular weight is 255 g/mol. The molecule has 0 saturated carbocycles. The molecular weight excluding hydrogens is 230 g/mol. The Morgan fingerprint density at radius 1 is 1.06 bits per heavy atom. The van der Waals surface area contributed by atoms with Gasteiger partial charge in [-0.2, -0.15) is 0 Å². The molecule has 0 amide bonds. The van der Waals surface area contributed by atoms with Crippen LogP contribution in [0.25, 0.3) is 0 Å². The minimum Gasteiger partial charge on any atom is -0.311 e. The number of hydrogen-bond donors (Lipinski definition) is 1. The van der Waals surface area contributed by atoms with Crippen LogP contribution in [0.1, 0.15) is 74.9 Å². The maximum absolute atomic E-state index is 4.40. The Morgan fingerprint density at radius 3 is 2.12 bits per heavy atom. The highest BCUT2D eigenvalue weighted by Gasteiger charge is 2.18. The molecule has 0 fully saturated rings. The van der Waals surface area contributed by atoms with Gasteiger partial charge in [0.1, 0.15) is 10.0 Å². The highest BCUT2D eigenvalue weighted by molar-refractivity contribution is 7.11. The molecule has 0 spiro atoms. The molecule has 0 aliphatic heterocycles. The van der Waals surface area contributed by atoms with Crippen LogP contribution < -0.4 is 5.32 Å². The van der Waals surface area contributed by atoms with Crippen LogP contribution >= 0.6 is 11.3 Å². The summed E-state index contributed by atoms with van der Waals surface area (Å²) in [5.41, 5.74) is 0. The van der Waals surface area contributed by atoms with Crippen molar-refractivity contribution in [2.24, 2.45) is 0 Å². The van der Waals surface area contributed by atoms with E-state index in [4.69, 9.17) is 0 Å². The first-order valence-corrected chi connectivity index (χ1v) is 7.58. The largest absolute Gasteiger partial charge is 0.311 e. The lowest BCUT2D eigenvalue weighted by Gasteiger charge is -2.11. The first-order valence-electron chi connectivity index (χ1n) is 6.77. The van der Waals surface area contributed by atoms with Gasteiger partial charge in [-0.05, 0) is 26.3 Å². The van der Waals surface area contributed by atoms with E-state index in [2.05, 4.69) is 36.3 Å². The summed E-state index contributed by atoms with van der Waals surface area (Å²) in [6.45, 7) is 6.66. The smallest absolute Gasteiger partial charge is 0.134 e. The number of rotatable bonds is 8. The third-order valence-electron chi connectivity index (χ3n) is 3.13. The number of nitrogens with one attached hydrogen (secondary N) is 1. The second-order valence-electron chi connectivity index (χ2n) is 4.50. The Kier molecular flexibility index (Phi) is 6.66. The summed E-state index contributed by atoms with van der Waals surface area (Å²) in [5, 5.41) is 14.4. The van der Waals surface area contributed by atoms with Gasteiger partial charge >= 0.3 is 0 Å². The van der Waals surface area contributed by atoms with E-state index in [0.717, 1.165) is 11.4 Å². The normalized spacial score (nSPS) is 13.2. The third-order valence-corrected chi connectivity index (χ3v) is 4.33. The molecule has 1 aromatic rings. The van der Waals surface area contributed by atoms with Crippen molar-refractivity contribution in [3.63, 3.8) is 0 Å². The molecule has 0 aliphatic carbocycles. The molecule has 1 heterocycles. The lowest BCUT2D eigenvalue weighted by Crippen LogP contribution is -2.14. The number of aromatic nitrogens is 2. The molecule has 0 aliphatic rings. The van der Waals surface area contributed by atoms with Gasteiger partial charge in [-0.1, -0.05) is 44.9 Å². The molecule has 0 aromatic carbocycles. The van der Waals surface area contributed by atoms with Gasteiger partial charge in [0.25, 0.3) is 0 Å². The highest BCUT2D eigenvalue weighted by Crippen LogP contribution is 2.31.